The van der Waals surface area contributed by atoms with E-state index in [-0.39, 0.29) is 28.8 Å². The van der Waals surface area contributed by atoms with Crippen LogP contribution in [0.2, 0.25) is 0 Å². The van der Waals surface area contributed by atoms with Gasteiger partial charge in [-0.25, -0.2) is 18.1 Å². The minimum Gasteiger partial charge on any atom is -0.369 e. The van der Waals surface area contributed by atoms with Gasteiger partial charge in [-0.15, -0.1) is 0 Å². The van der Waals surface area contributed by atoms with Crippen LogP contribution < -0.4 is 21.1 Å². The minimum absolute atomic E-state index is 0.00113. The SMILES string of the molecule is CCn1cnc2c(Nc3ccc(S(=O)(=O)NC4CCCCC4)cc3)nc(N[C@@H]3CCCC[C@@H]3C(N)=O)nc21. The molecule has 0 saturated heterocycles. The van der Waals surface area contributed by atoms with Crippen LogP contribution in [0, 0.1) is 5.92 Å². The van der Waals surface area contributed by atoms with E-state index in [1.807, 2.05) is 11.5 Å². The molecular weight excluding hydrogens is 504 g/mol. The van der Waals surface area contributed by atoms with Crippen molar-refractivity contribution in [3.8, 4) is 0 Å². The summed E-state index contributed by atoms with van der Waals surface area (Å²) in [7, 11) is -3.59. The summed E-state index contributed by atoms with van der Waals surface area (Å²) in [5.41, 5.74) is 7.60. The number of primary amides is 1. The van der Waals surface area contributed by atoms with Crippen LogP contribution in [0.1, 0.15) is 64.7 Å². The van der Waals surface area contributed by atoms with Crippen molar-refractivity contribution < 1.29 is 13.2 Å². The summed E-state index contributed by atoms with van der Waals surface area (Å²) in [6.07, 6.45) is 10.3. The summed E-state index contributed by atoms with van der Waals surface area (Å²) in [4.78, 5) is 26.1. The summed E-state index contributed by atoms with van der Waals surface area (Å²) in [5, 5.41) is 6.63. The van der Waals surface area contributed by atoms with Gasteiger partial charge in [0.2, 0.25) is 21.9 Å². The highest BCUT2D eigenvalue weighted by Gasteiger charge is 2.30. The van der Waals surface area contributed by atoms with Crippen molar-refractivity contribution in [3.63, 3.8) is 0 Å². The normalized spacial score (nSPS) is 20.9. The molecule has 0 radical (unpaired) electrons. The highest BCUT2D eigenvalue weighted by molar-refractivity contribution is 7.89. The third-order valence-electron chi connectivity index (χ3n) is 7.60. The van der Waals surface area contributed by atoms with Crippen LogP contribution in [-0.4, -0.2) is 45.9 Å². The highest BCUT2D eigenvalue weighted by Crippen LogP contribution is 2.29. The predicted molar refractivity (Wildman–Crippen MR) is 146 cm³/mol. The van der Waals surface area contributed by atoms with Crippen LogP contribution in [-0.2, 0) is 21.4 Å². The van der Waals surface area contributed by atoms with E-state index in [4.69, 9.17) is 10.7 Å². The zero-order chi connectivity index (χ0) is 26.7. The number of rotatable bonds is 9. The summed E-state index contributed by atoms with van der Waals surface area (Å²) < 4.78 is 30.5. The van der Waals surface area contributed by atoms with Crippen LogP contribution in [0.25, 0.3) is 11.2 Å². The summed E-state index contributed by atoms with van der Waals surface area (Å²) >= 11 is 0. The molecule has 2 fully saturated rings. The standard InChI is InChI=1S/C26H36N8O3S/c1-2-34-16-28-22-24(31-26(32-25(22)34)30-21-11-7-6-10-20(21)23(27)35)29-17-12-14-19(15-13-17)38(36,37)33-18-8-4-3-5-9-18/h12-16,18,20-21,33H,2-11H2,1H3,(H2,27,35)(H2,29,30,31,32)/t20-,21+/m0/s1. The Bertz CT molecular complexity index is 1380. The van der Waals surface area contributed by atoms with Gasteiger partial charge in [0.25, 0.3) is 0 Å². The number of benzene rings is 1. The molecule has 5 N–H and O–H groups in total. The van der Waals surface area contributed by atoms with Crippen LogP contribution in [0.4, 0.5) is 17.5 Å². The molecule has 3 aromatic rings. The third kappa shape index (κ3) is 5.75. The Kier molecular flexibility index (Phi) is 7.80. The number of anilines is 3. The van der Waals surface area contributed by atoms with Gasteiger partial charge in [-0.3, -0.25) is 4.79 Å². The van der Waals surface area contributed by atoms with Crippen molar-refractivity contribution in [1.29, 1.82) is 0 Å². The second kappa shape index (κ2) is 11.2. The quantitative estimate of drug-likeness (QED) is 0.320. The lowest BCUT2D eigenvalue weighted by molar-refractivity contribution is -0.122. The van der Waals surface area contributed by atoms with Crippen molar-refractivity contribution in [3.05, 3.63) is 30.6 Å². The van der Waals surface area contributed by atoms with E-state index in [1.54, 1.807) is 30.6 Å². The molecule has 12 heteroatoms. The molecule has 2 saturated carbocycles. The maximum absolute atomic E-state index is 12.9. The van der Waals surface area contributed by atoms with Crippen molar-refractivity contribution in [2.75, 3.05) is 10.6 Å². The van der Waals surface area contributed by atoms with E-state index in [1.165, 1.54) is 0 Å². The molecule has 1 aromatic carbocycles. The molecule has 0 unspecified atom stereocenters. The molecule has 1 amide bonds. The summed E-state index contributed by atoms with van der Waals surface area (Å²) in [5.74, 6) is 0.303. The molecule has 2 aliphatic rings. The number of aryl methyl sites for hydroxylation is 1. The maximum atomic E-state index is 12.9. The fourth-order valence-electron chi connectivity index (χ4n) is 5.50. The van der Waals surface area contributed by atoms with E-state index in [9.17, 15) is 13.2 Å². The molecule has 2 aliphatic carbocycles. The van der Waals surface area contributed by atoms with Crippen molar-refractivity contribution >= 4 is 44.5 Å². The molecule has 204 valence electrons. The third-order valence-corrected chi connectivity index (χ3v) is 9.14. The number of nitrogens with one attached hydrogen (secondary N) is 3. The Hall–Kier alpha value is -3.25. The van der Waals surface area contributed by atoms with Crippen molar-refractivity contribution in [2.45, 2.75) is 88.2 Å². The number of hydrogen-bond acceptors (Lipinski definition) is 8. The van der Waals surface area contributed by atoms with Gasteiger partial charge in [0.05, 0.1) is 17.1 Å². The predicted octanol–water partition coefficient (Wildman–Crippen LogP) is 3.66. The number of hydrogen-bond donors (Lipinski definition) is 4. The molecule has 11 nitrogen and oxygen atoms in total. The number of sulfonamides is 1. The van der Waals surface area contributed by atoms with Gasteiger partial charge in [-0.05, 0) is 56.9 Å². The molecule has 2 atom stereocenters. The number of fused-ring (bicyclic) bond motifs is 1. The average Bonchev–Trinajstić information content (AvgIpc) is 3.33. The molecule has 0 bridgehead atoms. The highest BCUT2D eigenvalue weighted by atomic mass is 32.2. The monoisotopic (exact) mass is 540 g/mol. The van der Waals surface area contributed by atoms with Crippen LogP contribution in [0.3, 0.4) is 0 Å². The average molecular weight is 541 g/mol. The van der Waals surface area contributed by atoms with Crippen LogP contribution >= 0.6 is 0 Å². The summed E-state index contributed by atoms with van der Waals surface area (Å²) in [6, 6.07) is 6.49. The number of aromatic nitrogens is 4. The zero-order valence-corrected chi connectivity index (χ0v) is 22.5. The lowest BCUT2D eigenvalue weighted by Gasteiger charge is -2.30. The second-order valence-electron chi connectivity index (χ2n) is 10.2. The number of amides is 1. The van der Waals surface area contributed by atoms with E-state index < -0.39 is 10.0 Å². The molecule has 38 heavy (non-hydrogen) atoms. The van der Waals surface area contributed by atoms with Gasteiger partial charge in [-0.1, -0.05) is 32.1 Å². The van der Waals surface area contributed by atoms with E-state index >= 15 is 0 Å². The van der Waals surface area contributed by atoms with Gasteiger partial charge < -0.3 is 20.9 Å². The molecule has 2 heterocycles. The number of nitrogens with zero attached hydrogens (tertiary/aromatic N) is 4. The number of imidazole rings is 1. The fourth-order valence-corrected chi connectivity index (χ4v) is 6.80. The topological polar surface area (TPSA) is 157 Å². The van der Waals surface area contributed by atoms with Gasteiger partial charge in [0.15, 0.2) is 17.0 Å². The van der Waals surface area contributed by atoms with Gasteiger partial charge in [-0.2, -0.15) is 9.97 Å². The first-order valence-electron chi connectivity index (χ1n) is 13.5. The molecule has 0 spiro atoms. The first kappa shape index (κ1) is 26.4. The lowest BCUT2D eigenvalue weighted by Crippen LogP contribution is -2.40. The first-order chi connectivity index (χ1) is 18.3. The Morgan fingerprint density at radius 3 is 2.45 bits per heavy atom. The Balaban J connectivity index is 1.38. The number of carbonyl (C=O) groups is 1. The van der Waals surface area contributed by atoms with E-state index in [2.05, 4.69) is 25.3 Å². The van der Waals surface area contributed by atoms with Crippen LogP contribution in [0.15, 0.2) is 35.5 Å². The molecular formula is C26H36N8O3S. The minimum atomic E-state index is -3.59. The number of nitrogens with two attached hydrogens (primary N) is 1. The zero-order valence-electron chi connectivity index (χ0n) is 21.7. The second-order valence-corrected chi connectivity index (χ2v) is 12.0. The van der Waals surface area contributed by atoms with Crippen LogP contribution in [0.5, 0.6) is 0 Å². The Labute approximate surface area is 223 Å². The van der Waals surface area contributed by atoms with E-state index in [0.29, 0.717) is 35.2 Å². The molecule has 2 aromatic heterocycles. The largest absolute Gasteiger partial charge is 0.369 e. The molecule has 0 aliphatic heterocycles. The first-order valence-corrected chi connectivity index (χ1v) is 15.0. The van der Waals surface area contributed by atoms with Gasteiger partial charge >= 0.3 is 0 Å². The lowest BCUT2D eigenvalue weighted by atomic mass is 9.84. The fraction of sp³-hybridized carbons (Fsp3) is 0.538. The Morgan fingerprint density at radius 1 is 1.03 bits per heavy atom. The summed E-state index contributed by atoms with van der Waals surface area (Å²) in [6.45, 7) is 2.69. The van der Waals surface area contributed by atoms with E-state index in [0.717, 1.165) is 57.8 Å². The van der Waals surface area contributed by atoms with Gasteiger partial charge in [0.1, 0.15) is 0 Å². The smallest absolute Gasteiger partial charge is 0.240 e. The van der Waals surface area contributed by atoms with Crippen molar-refractivity contribution in [2.24, 2.45) is 11.7 Å². The Morgan fingerprint density at radius 2 is 1.74 bits per heavy atom. The maximum Gasteiger partial charge on any atom is 0.240 e. The molecule has 5 rings (SSSR count). The number of carbonyl (C=O) groups excluding carboxylic acids is 1. The van der Waals surface area contributed by atoms with Gasteiger partial charge in [0, 0.05) is 24.3 Å². The van der Waals surface area contributed by atoms with Crippen molar-refractivity contribution in [1.82, 2.24) is 24.2 Å².